The predicted molar refractivity (Wildman–Crippen MR) is 68.6 cm³/mol. The first kappa shape index (κ1) is 13.7. The smallest absolute Gasteiger partial charge is 0.132 e. The Morgan fingerprint density at radius 3 is 2.56 bits per heavy atom. The monoisotopic (exact) mass is 225 g/mol. The largest absolute Gasteiger partial charge is 0.306 e. The Morgan fingerprint density at radius 2 is 1.94 bits per heavy atom. The topological polar surface area (TPSA) is 20.3 Å². The molecule has 0 saturated heterocycles. The van der Waals surface area contributed by atoms with Gasteiger partial charge in [0.2, 0.25) is 0 Å². The van der Waals surface area contributed by atoms with Gasteiger partial charge in [0, 0.05) is 19.4 Å². The quantitative estimate of drug-likeness (QED) is 0.663. The van der Waals surface area contributed by atoms with Crippen molar-refractivity contribution in [3.05, 3.63) is 0 Å². The van der Waals surface area contributed by atoms with Crippen LogP contribution in [-0.4, -0.2) is 30.8 Å². The number of Topliss-reactive ketones (excluding diaryl/α,β-unsaturated/α-hetero) is 1. The van der Waals surface area contributed by atoms with Crippen molar-refractivity contribution in [2.24, 2.45) is 5.92 Å². The Morgan fingerprint density at radius 1 is 1.25 bits per heavy atom. The van der Waals surface area contributed by atoms with Gasteiger partial charge < -0.3 is 4.90 Å². The standard InChI is InChI=1S/C14H27NO/c1-3-14(16)10-7-11-15(2)12-13-8-5-4-6-9-13/h13H,3-12H2,1-2H3. The average molecular weight is 225 g/mol. The SMILES string of the molecule is CCC(=O)CCCN(C)CC1CCCCC1. The van der Waals surface area contributed by atoms with Crippen molar-refractivity contribution in [3.63, 3.8) is 0 Å². The van der Waals surface area contributed by atoms with Crippen molar-refractivity contribution < 1.29 is 4.79 Å². The second kappa shape index (κ2) is 7.83. The molecule has 0 aliphatic heterocycles. The van der Waals surface area contributed by atoms with Crippen LogP contribution in [0, 0.1) is 5.92 Å². The third-order valence-corrected chi connectivity index (χ3v) is 3.68. The number of nitrogens with zero attached hydrogens (tertiary/aromatic N) is 1. The molecule has 1 aliphatic rings. The first-order chi connectivity index (χ1) is 7.72. The van der Waals surface area contributed by atoms with E-state index < -0.39 is 0 Å². The fourth-order valence-corrected chi connectivity index (χ4v) is 2.62. The van der Waals surface area contributed by atoms with Crippen LogP contribution in [0.2, 0.25) is 0 Å². The van der Waals surface area contributed by atoms with Crippen molar-refractivity contribution in [3.8, 4) is 0 Å². The third kappa shape index (κ3) is 5.64. The molecule has 2 nitrogen and oxygen atoms in total. The molecular formula is C14H27NO. The summed E-state index contributed by atoms with van der Waals surface area (Å²) in [5.74, 6) is 1.33. The zero-order valence-electron chi connectivity index (χ0n) is 11.0. The van der Waals surface area contributed by atoms with E-state index in [-0.39, 0.29) is 0 Å². The third-order valence-electron chi connectivity index (χ3n) is 3.68. The Kier molecular flexibility index (Phi) is 6.70. The van der Waals surface area contributed by atoms with Gasteiger partial charge in [-0.15, -0.1) is 0 Å². The fourth-order valence-electron chi connectivity index (χ4n) is 2.62. The summed E-state index contributed by atoms with van der Waals surface area (Å²) in [7, 11) is 2.20. The predicted octanol–water partition coefficient (Wildman–Crippen LogP) is 3.26. The minimum absolute atomic E-state index is 0.408. The summed E-state index contributed by atoms with van der Waals surface area (Å²) in [6.07, 6.45) is 9.62. The highest BCUT2D eigenvalue weighted by atomic mass is 16.1. The number of hydrogen-bond donors (Lipinski definition) is 0. The van der Waals surface area contributed by atoms with Crippen LogP contribution in [0.25, 0.3) is 0 Å². The fraction of sp³-hybridized carbons (Fsp3) is 0.929. The minimum atomic E-state index is 0.408. The molecule has 0 radical (unpaired) electrons. The molecule has 1 aliphatic carbocycles. The molecule has 0 heterocycles. The lowest BCUT2D eigenvalue weighted by molar-refractivity contribution is -0.118. The van der Waals surface area contributed by atoms with E-state index in [0.717, 1.165) is 25.3 Å². The highest BCUT2D eigenvalue weighted by Gasteiger charge is 2.15. The molecular weight excluding hydrogens is 198 g/mol. The van der Waals surface area contributed by atoms with Crippen molar-refractivity contribution in [2.45, 2.75) is 58.3 Å². The number of ketones is 1. The average Bonchev–Trinajstić information content (AvgIpc) is 2.30. The lowest BCUT2D eigenvalue weighted by Gasteiger charge is -2.26. The van der Waals surface area contributed by atoms with Crippen LogP contribution < -0.4 is 0 Å². The normalized spacial score (nSPS) is 17.9. The molecule has 0 spiro atoms. The lowest BCUT2D eigenvalue weighted by atomic mass is 9.89. The molecule has 1 saturated carbocycles. The van der Waals surface area contributed by atoms with Gasteiger partial charge in [-0.1, -0.05) is 26.2 Å². The molecule has 94 valence electrons. The second-order valence-corrected chi connectivity index (χ2v) is 5.26. The Labute approximate surface area is 100 Å². The van der Waals surface area contributed by atoms with Gasteiger partial charge in [0.25, 0.3) is 0 Å². The van der Waals surface area contributed by atoms with Gasteiger partial charge in [0.1, 0.15) is 5.78 Å². The van der Waals surface area contributed by atoms with E-state index in [9.17, 15) is 4.79 Å². The summed E-state index contributed by atoms with van der Waals surface area (Å²) < 4.78 is 0. The van der Waals surface area contributed by atoms with E-state index in [4.69, 9.17) is 0 Å². The van der Waals surface area contributed by atoms with Crippen molar-refractivity contribution in [1.29, 1.82) is 0 Å². The molecule has 0 atom stereocenters. The van der Waals surface area contributed by atoms with Crippen molar-refractivity contribution >= 4 is 5.78 Å². The first-order valence-corrected chi connectivity index (χ1v) is 6.92. The van der Waals surface area contributed by atoms with Crippen LogP contribution in [-0.2, 0) is 4.79 Å². The zero-order valence-corrected chi connectivity index (χ0v) is 11.0. The molecule has 0 aromatic heterocycles. The summed E-state index contributed by atoms with van der Waals surface area (Å²) in [6.45, 7) is 4.27. The van der Waals surface area contributed by atoms with Gasteiger partial charge in [0.15, 0.2) is 0 Å². The van der Waals surface area contributed by atoms with Gasteiger partial charge in [-0.25, -0.2) is 0 Å². The molecule has 0 unspecified atom stereocenters. The molecule has 2 heteroatoms. The van der Waals surface area contributed by atoms with Crippen LogP contribution in [0.1, 0.15) is 58.3 Å². The Bertz CT molecular complexity index is 197. The lowest BCUT2D eigenvalue weighted by Crippen LogP contribution is -2.28. The van der Waals surface area contributed by atoms with Gasteiger partial charge in [-0.3, -0.25) is 4.79 Å². The van der Waals surface area contributed by atoms with Gasteiger partial charge in [-0.2, -0.15) is 0 Å². The first-order valence-electron chi connectivity index (χ1n) is 6.92. The summed E-state index contributed by atoms with van der Waals surface area (Å²) >= 11 is 0. The molecule has 0 aromatic carbocycles. The molecule has 16 heavy (non-hydrogen) atoms. The second-order valence-electron chi connectivity index (χ2n) is 5.26. The number of hydrogen-bond acceptors (Lipinski definition) is 2. The van der Waals surface area contributed by atoms with Crippen LogP contribution in [0.3, 0.4) is 0 Å². The highest BCUT2D eigenvalue weighted by molar-refractivity contribution is 5.77. The van der Waals surface area contributed by atoms with Crippen molar-refractivity contribution in [2.75, 3.05) is 20.1 Å². The van der Waals surface area contributed by atoms with E-state index in [1.165, 1.54) is 38.6 Å². The Hall–Kier alpha value is -0.370. The highest BCUT2D eigenvalue weighted by Crippen LogP contribution is 2.24. The maximum absolute atomic E-state index is 11.2. The van der Waals surface area contributed by atoms with Crippen LogP contribution >= 0.6 is 0 Å². The summed E-state index contributed by atoms with van der Waals surface area (Å²) in [6, 6.07) is 0. The molecule has 1 fully saturated rings. The molecule has 0 amide bonds. The molecule has 0 bridgehead atoms. The van der Waals surface area contributed by atoms with E-state index in [1.807, 2.05) is 6.92 Å². The Balaban J connectivity index is 2.05. The van der Waals surface area contributed by atoms with E-state index in [2.05, 4.69) is 11.9 Å². The van der Waals surface area contributed by atoms with E-state index in [1.54, 1.807) is 0 Å². The zero-order chi connectivity index (χ0) is 11.8. The van der Waals surface area contributed by atoms with Gasteiger partial charge >= 0.3 is 0 Å². The van der Waals surface area contributed by atoms with Crippen molar-refractivity contribution in [1.82, 2.24) is 4.90 Å². The number of carbonyl (C=O) groups excluding carboxylic acids is 1. The van der Waals surface area contributed by atoms with Crippen LogP contribution in [0.5, 0.6) is 0 Å². The van der Waals surface area contributed by atoms with Gasteiger partial charge in [0.05, 0.1) is 0 Å². The minimum Gasteiger partial charge on any atom is -0.306 e. The molecule has 1 rings (SSSR count). The van der Waals surface area contributed by atoms with Crippen LogP contribution in [0.15, 0.2) is 0 Å². The summed E-state index contributed by atoms with van der Waals surface area (Å²) in [5, 5.41) is 0. The number of carbonyl (C=O) groups is 1. The summed E-state index contributed by atoms with van der Waals surface area (Å²) in [4.78, 5) is 13.6. The van der Waals surface area contributed by atoms with Crippen LogP contribution in [0.4, 0.5) is 0 Å². The van der Waals surface area contributed by atoms with Gasteiger partial charge in [-0.05, 0) is 38.8 Å². The summed E-state index contributed by atoms with van der Waals surface area (Å²) in [5.41, 5.74) is 0. The maximum Gasteiger partial charge on any atom is 0.132 e. The number of rotatable bonds is 7. The van der Waals surface area contributed by atoms with E-state index in [0.29, 0.717) is 12.2 Å². The molecule has 0 aromatic rings. The molecule has 0 N–H and O–H groups in total. The van der Waals surface area contributed by atoms with E-state index >= 15 is 0 Å². The maximum atomic E-state index is 11.2.